The van der Waals surface area contributed by atoms with Crippen molar-refractivity contribution in [1.82, 2.24) is 9.80 Å². The average molecular weight is 327 g/mol. The smallest absolute Gasteiger partial charge is 0.266 e. The van der Waals surface area contributed by atoms with Gasteiger partial charge in [0.15, 0.2) is 0 Å². The van der Waals surface area contributed by atoms with E-state index in [1.807, 2.05) is 25.1 Å². The van der Waals surface area contributed by atoms with E-state index >= 15 is 0 Å². The van der Waals surface area contributed by atoms with E-state index in [2.05, 4.69) is 5.32 Å². The molecule has 2 amide bonds. The van der Waals surface area contributed by atoms with E-state index < -0.39 is 0 Å². The number of nitrogens with two attached hydrogens (primary N) is 1. The summed E-state index contributed by atoms with van der Waals surface area (Å²) in [6, 6.07) is 7.42. The Morgan fingerprint density at radius 2 is 1.88 bits per heavy atom. The van der Waals surface area contributed by atoms with Crippen molar-refractivity contribution in [2.75, 3.05) is 37.2 Å². The quantitative estimate of drug-likeness (QED) is 0.491. The van der Waals surface area contributed by atoms with Crippen molar-refractivity contribution >= 4 is 23.2 Å². The monoisotopic (exact) mass is 327 g/mol. The minimum Gasteiger partial charge on any atom is -0.397 e. The van der Waals surface area contributed by atoms with Crippen molar-refractivity contribution in [3.8, 4) is 6.07 Å². The molecule has 1 aliphatic rings. The molecule has 1 aromatic rings. The highest BCUT2D eigenvalue weighted by atomic mass is 16.2. The lowest BCUT2D eigenvalue weighted by Gasteiger charge is -2.34. The van der Waals surface area contributed by atoms with E-state index in [9.17, 15) is 14.9 Å². The highest BCUT2D eigenvalue weighted by molar-refractivity contribution is 5.97. The van der Waals surface area contributed by atoms with Crippen LogP contribution in [0.15, 0.2) is 30.0 Å². The van der Waals surface area contributed by atoms with Crippen LogP contribution in [-0.2, 0) is 9.59 Å². The lowest BCUT2D eigenvalue weighted by Crippen LogP contribution is -2.50. The summed E-state index contributed by atoms with van der Waals surface area (Å²) in [5, 5.41) is 12.2. The van der Waals surface area contributed by atoms with Gasteiger partial charge in [-0.2, -0.15) is 5.26 Å². The number of anilines is 2. The minimum atomic E-state index is -0.348. The Hall–Kier alpha value is -3.01. The van der Waals surface area contributed by atoms with Crippen LogP contribution in [0.3, 0.4) is 0 Å². The van der Waals surface area contributed by atoms with Gasteiger partial charge >= 0.3 is 0 Å². The molecule has 0 atom stereocenters. The maximum absolute atomic E-state index is 12.4. The number of nitrogens with zero attached hydrogens (tertiary/aromatic N) is 3. The molecule has 1 saturated heterocycles. The van der Waals surface area contributed by atoms with Crippen molar-refractivity contribution < 1.29 is 9.59 Å². The van der Waals surface area contributed by atoms with E-state index in [1.54, 1.807) is 15.9 Å². The third-order valence-electron chi connectivity index (χ3n) is 3.94. The van der Waals surface area contributed by atoms with E-state index in [0.29, 0.717) is 37.6 Å². The molecular weight excluding hydrogens is 306 g/mol. The Kier molecular flexibility index (Phi) is 5.42. The zero-order valence-electron chi connectivity index (χ0n) is 13.9. The molecule has 1 fully saturated rings. The molecule has 0 saturated carbocycles. The Morgan fingerprint density at radius 3 is 2.46 bits per heavy atom. The molecule has 1 heterocycles. The van der Waals surface area contributed by atoms with Gasteiger partial charge in [-0.05, 0) is 24.6 Å². The van der Waals surface area contributed by atoms with E-state index in [0.717, 1.165) is 5.56 Å². The van der Waals surface area contributed by atoms with Crippen molar-refractivity contribution in [3.05, 3.63) is 35.5 Å². The first-order chi connectivity index (χ1) is 11.4. The Labute approximate surface area is 141 Å². The Bertz CT molecular complexity index is 712. The van der Waals surface area contributed by atoms with E-state index in [4.69, 9.17) is 5.73 Å². The number of piperazine rings is 1. The molecule has 7 heteroatoms. The third kappa shape index (κ3) is 4.04. The fourth-order valence-corrected chi connectivity index (χ4v) is 2.48. The van der Waals surface area contributed by atoms with Gasteiger partial charge in [0, 0.05) is 39.3 Å². The first-order valence-corrected chi connectivity index (χ1v) is 7.70. The second kappa shape index (κ2) is 7.51. The number of hydrogen-bond acceptors (Lipinski definition) is 5. The van der Waals surface area contributed by atoms with Crippen molar-refractivity contribution in [1.29, 1.82) is 5.26 Å². The molecule has 0 bridgehead atoms. The lowest BCUT2D eigenvalue weighted by molar-refractivity contribution is -0.136. The summed E-state index contributed by atoms with van der Waals surface area (Å²) in [4.78, 5) is 27.0. The molecule has 3 N–H and O–H groups in total. The second-order valence-corrected chi connectivity index (χ2v) is 5.70. The van der Waals surface area contributed by atoms with Crippen molar-refractivity contribution in [2.45, 2.75) is 13.8 Å². The van der Waals surface area contributed by atoms with Crippen LogP contribution in [0.2, 0.25) is 0 Å². The number of rotatable bonds is 3. The molecule has 24 heavy (non-hydrogen) atoms. The molecule has 0 aromatic heterocycles. The fraction of sp³-hybridized carbons (Fsp3) is 0.353. The molecule has 1 aliphatic heterocycles. The summed E-state index contributed by atoms with van der Waals surface area (Å²) >= 11 is 0. The lowest BCUT2D eigenvalue weighted by atomic mass is 10.2. The van der Waals surface area contributed by atoms with Gasteiger partial charge in [-0.15, -0.1) is 0 Å². The molecule has 0 unspecified atom stereocenters. The van der Waals surface area contributed by atoms with Gasteiger partial charge in [-0.25, -0.2) is 0 Å². The maximum Gasteiger partial charge on any atom is 0.266 e. The van der Waals surface area contributed by atoms with Crippen LogP contribution in [0.1, 0.15) is 12.5 Å². The largest absolute Gasteiger partial charge is 0.397 e. The van der Waals surface area contributed by atoms with Crippen LogP contribution >= 0.6 is 0 Å². The van der Waals surface area contributed by atoms with Gasteiger partial charge in [-0.3, -0.25) is 9.59 Å². The summed E-state index contributed by atoms with van der Waals surface area (Å²) in [5.41, 5.74) is 8.09. The number of benzene rings is 1. The van der Waals surface area contributed by atoms with Crippen LogP contribution in [0, 0.1) is 18.3 Å². The average Bonchev–Trinajstić information content (AvgIpc) is 2.58. The van der Waals surface area contributed by atoms with Gasteiger partial charge in [0.2, 0.25) is 5.91 Å². The number of hydrogen-bond donors (Lipinski definition) is 2. The van der Waals surface area contributed by atoms with E-state index in [-0.39, 0.29) is 17.4 Å². The topological polar surface area (TPSA) is 102 Å². The molecule has 0 aliphatic carbocycles. The van der Waals surface area contributed by atoms with Gasteiger partial charge in [0.1, 0.15) is 11.6 Å². The summed E-state index contributed by atoms with van der Waals surface area (Å²) in [5.74, 6) is -0.353. The van der Waals surface area contributed by atoms with Crippen LogP contribution in [-0.4, -0.2) is 47.8 Å². The Morgan fingerprint density at radius 1 is 1.25 bits per heavy atom. The molecule has 0 radical (unpaired) electrons. The summed E-state index contributed by atoms with van der Waals surface area (Å²) < 4.78 is 0. The normalized spacial score (nSPS) is 15.0. The van der Waals surface area contributed by atoms with Gasteiger partial charge in [0.05, 0.1) is 11.4 Å². The predicted molar refractivity (Wildman–Crippen MR) is 91.7 cm³/mol. The highest BCUT2D eigenvalue weighted by Crippen LogP contribution is 2.20. The minimum absolute atomic E-state index is 0.00487. The van der Waals surface area contributed by atoms with Gasteiger partial charge in [0.25, 0.3) is 5.91 Å². The zero-order chi connectivity index (χ0) is 17.7. The van der Waals surface area contributed by atoms with Crippen LogP contribution in [0.4, 0.5) is 11.4 Å². The summed E-state index contributed by atoms with van der Waals surface area (Å²) in [6.07, 6.45) is 1.38. The van der Waals surface area contributed by atoms with Crippen molar-refractivity contribution in [3.63, 3.8) is 0 Å². The number of carbonyl (C=O) groups is 2. The predicted octanol–water partition coefficient (Wildman–Crippen LogP) is 1.09. The highest BCUT2D eigenvalue weighted by Gasteiger charge is 2.24. The second-order valence-electron chi connectivity index (χ2n) is 5.70. The maximum atomic E-state index is 12.4. The van der Waals surface area contributed by atoms with Crippen LogP contribution in [0.25, 0.3) is 0 Å². The van der Waals surface area contributed by atoms with Crippen LogP contribution < -0.4 is 11.1 Å². The number of nitriles is 1. The number of aryl methyl sites for hydroxylation is 1. The molecule has 0 spiro atoms. The molecular formula is C17H21N5O2. The Balaban J connectivity index is 2.05. The molecule has 126 valence electrons. The van der Waals surface area contributed by atoms with E-state index in [1.165, 1.54) is 13.1 Å². The summed E-state index contributed by atoms with van der Waals surface area (Å²) in [7, 11) is 0. The molecule has 2 rings (SSSR count). The standard InChI is InChI=1S/C17H21N5O2/c1-12-3-4-15(19)16(9-12)20-11-14(10-18)17(24)22-7-5-21(6-8-22)13(2)23/h3-4,9,11,20H,5-8,19H2,1-2H3/b14-11-. The van der Waals surface area contributed by atoms with Crippen molar-refractivity contribution in [2.24, 2.45) is 0 Å². The SMILES string of the molecule is CC(=O)N1CCN(C(=O)/C(C#N)=C\Nc2cc(C)ccc2N)CC1. The fourth-order valence-electron chi connectivity index (χ4n) is 2.48. The molecule has 7 nitrogen and oxygen atoms in total. The number of nitrogen functional groups attached to an aromatic ring is 1. The first-order valence-electron chi connectivity index (χ1n) is 7.70. The van der Waals surface area contributed by atoms with Gasteiger partial charge in [-0.1, -0.05) is 6.07 Å². The number of carbonyl (C=O) groups excluding carboxylic acids is 2. The number of nitrogens with one attached hydrogen (secondary N) is 1. The zero-order valence-corrected chi connectivity index (χ0v) is 13.9. The first kappa shape index (κ1) is 17.3. The third-order valence-corrected chi connectivity index (χ3v) is 3.94. The molecule has 1 aromatic carbocycles. The van der Waals surface area contributed by atoms with Gasteiger partial charge < -0.3 is 20.9 Å². The number of amides is 2. The summed E-state index contributed by atoms with van der Waals surface area (Å²) in [6.45, 7) is 5.25. The van der Waals surface area contributed by atoms with Crippen LogP contribution in [0.5, 0.6) is 0 Å².